The second kappa shape index (κ2) is 10.7. The molecule has 3 rings (SSSR count). The number of esters is 1. The molecule has 0 aliphatic rings. The van der Waals surface area contributed by atoms with Gasteiger partial charge in [0, 0.05) is 6.61 Å². The third-order valence-corrected chi connectivity index (χ3v) is 5.05. The molecule has 0 bridgehead atoms. The van der Waals surface area contributed by atoms with Gasteiger partial charge in [0.2, 0.25) is 0 Å². The fourth-order valence-corrected chi connectivity index (χ4v) is 3.37. The Morgan fingerprint density at radius 3 is 2.52 bits per heavy atom. The van der Waals surface area contributed by atoms with E-state index in [0.29, 0.717) is 18.6 Å². The number of unbranched alkanes of at least 4 members (excludes halogenated alkanes) is 2. The third-order valence-electron chi connectivity index (χ3n) is 5.05. The van der Waals surface area contributed by atoms with Crippen LogP contribution in [-0.2, 0) is 16.1 Å². The van der Waals surface area contributed by atoms with Crippen LogP contribution in [0.25, 0.3) is 10.8 Å². The molecule has 0 fully saturated rings. The summed E-state index contributed by atoms with van der Waals surface area (Å²) in [4.78, 5) is 11.7. The number of rotatable bonds is 10. The molecule has 3 aromatic rings. The van der Waals surface area contributed by atoms with Crippen LogP contribution in [0.4, 0.5) is 0 Å². The molecule has 1 N–H and O–H groups in total. The van der Waals surface area contributed by atoms with Gasteiger partial charge >= 0.3 is 5.97 Å². The van der Waals surface area contributed by atoms with Gasteiger partial charge in [-0.15, -0.1) is 0 Å². The Bertz CT molecular complexity index is 921. The van der Waals surface area contributed by atoms with Gasteiger partial charge in [-0.1, -0.05) is 61.4 Å². The predicted molar refractivity (Wildman–Crippen MR) is 115 cm³/mol. The minimum Gasteiger partial charge on any atom is -0.465 e. The number of aliphatic hydroxyl groups is 1. The summed E-state index contributed by atoms with van der Waals surface area (Å²) in [5.74, 6) is -0.354. The van der Waals surface area contributed by atoms with E-state index >= 15 is 0 Å². The Hall–Kier alpha value is -2.69. The summed E-state index contributed by atoms with van der Waals surface area (Å²) in [7, 11) is 1.37. The van der Waals surface area contributed by atoms with Crippen LogP contribution in [0.15, 0.2) is 66.7 Å². The van der Waals surface area contributed by atoms with Crippen molar-refractivity contribution in [2.75, 3.05) is 13.7 Å². The Morgan fingerprint density at radius 2 is 1.72 bits per heavy atom. The van der Waals surface area contributed by atoms with Crippen molar-refractivity contribution in [1.29, 1.82) is 0 Å². The highest BCUT2D eigenvalue weighted by atomic mass is 16.5. The van der Waals surface area contributed by atoms with Gasteiger partial charge in [0.25, 0.3) is 0 Å². The first-order valence-corrected chi connectivity index (χ1v) is 10.1. The lowest BCUT2D eigenvalue weighted by Gasteiger charge is -2.12. The fraction of sp³-hybridized carbons (Fsp3) is 0.320. The number of ether oxygens (including phenoxy) is 2. The molecule has 0 aliphatic heterocycles. The first-order chi connectivity index (χ1) is 14.2. The summed E-state index contributed by atoms with van der Waals surface area (Å²) in [6.07, 6.45) is 3.15. The van der Waals surface area contributed by atoms with E-state index in [0.717, 1.165) is 42.2 Å². The van der Waals surface area contributed by atoms with Crippen LogP contribution in [0.5, 0.6) is 0 Å². The molecule has 0 saturated heterocycles. The van der Waals surface area contributed by atoms with Crippen LogP contribution in [0.2, 0.25) is 0 Å². The molecule has 0 radical (unpaired) electrons. The number of hydrogen-bond acceptors (Lipinski definition) is 4. The highest BCUT2D eigenvalue weighted by Gasteiger charge is 2.10. The largest absolute Gasteiger partial charge is 0.465 e. The molecule has 152 valence electrons. The van der Waals surface area contributed by atoms with E-state index in [1.165, 1.54) is 12.7 Å². The highest BCUT2D eigenvalue weighted by Crippen LogP contribution is 2.25. The van der Waals surface area contributed by atoms with Crippen LogP contribution in [0.1, 0.15) is 53.3 Å². The van der Waals surface area contributed by atoms with Gasteiger partial charge < -0.3 is 14.6 Å². The minimum atomic E-state index is -0.508. The van der Waals surface area contributed by atoms with Gasteiger partial charge in [-0.05, 0) is 52.9 Å². The molecule has 1 unspecified atom stereocenters. The number of fused-ring (bicyclic) bond motifs is 1. The van der Waals surface area contributed by atoms with E-state index in [1.807, 2.05) is 48.5 Å². The van der Waals surface area contributed by atoms with Crippen molar-refractivity contribution < 1.29 is 19.4 Å². The lowest BCUT2D eigenvalue weighted by atomic mass is 9.98. The zero-order valence-corrected chi connectivity index (χ0v) is 16.8. The number of carbonyl (C=O) groups is 1. The Balaban J connectivity index is 1.43. The Kier molecular flexibility index (Phi) is 7.79. The van der Waals surface area contributed by atoms with E-state index < -0.39 is 6.10 Å². The second-order valence-corrected chi connectivity index (χ2v) is 7.22. The van der Waals surface area contributed by atoms with E-state index in [4.69, 9.17) is 9.47 Å². The zero-order valence-electron chi connectivity index (χ0n) is 16.8. The van der Waals surface area contributed by atoms with Crippen molar-refractivity contribution in [2.24, 2.45) is 0 Å². The standard InChI is InChI=1S/C25H28O4/c1-28-25(27)22-14-12-20-11-13-21(16-23(20)17-22)24(26)10-6-3-7-15-29-18-19-8-4-2-5-9-19/h2,4-5,8-9,11-14,16-17,24,26H,3,6-7,10,15,18H2,1H3. The van der Waals surface area contributed by atoms with Crippen LogP contribution >= 0.6 is 0 Å². The molecule has 29 heavy (non-hydrogen) atoms. The van der Waals surface area contributed by atoms with Crippen LogP contribution in [-0.4, -0.2) is 24.8 Å². The highest BCUT2D eigenvalue weighted by molar-refractivity contribution is 5.95. The van der Waals surface area contributed by atoms with Gasteiger partial charge in [-0.2, -0.15) is 0 Å². The molecule has 4 heteroatoms. The third kappa shape index (κ3) is 6.14. The smallest absolute Gasteiger partial charge is 0.337 e. The zero-order chi connectivity index (χ0) is 20.5. The molecule has 1 atom stereocenters. The molecule has 4 nitrogen and oxygen atoms in total. The molecule has 0 amide bonds. The molecule has 3 aromatic carbocycles. The summed E-state index contributed by atoms with van der Waals surface area (Å²) >= 11 is 0. The lowest BCUT2D eigenvalue weighted by molar-refractivity contribution is 0.0601. The molecule has 0 saturated carbocycles. The van der Waals surface area contributed by atoms with Gasteiger partial charge in [0.15, 0.2) is 0 Å². The summed E-state index contributed by atoms with van der Waals surface area (Å²) in [5.41, 5.74) is 2.58. The van der Waals surface area contributed by atoms with Crippen LogP contribution in [0.3, 0.4) is 0 Å². The predicted octanol–water partition coefficient (Wildman–Crippen LogP) is 5.44. The second-order valence-electron chi connectivity index (χ2n) is 7.22. The van der Waals surface area contributed by atoms with Crippen molar-refractivity contribution in [2.45, 2.75) is 38.4 Å². The number of benzene rings is 3. The lowest BCUT2D eigenvalue weighted by Crippen LogP contribution is -2.01. The minimum absolute atomic E-state index is 0.354. The first-order valence-electron chi connectivity index (χ1n) is 10.1. The van der Waals surface area contributed by atoms with Crippen molar-refractivity contribution in [3.05, 3.63) is 83.4 Å². The normalized spacial score (nSPS) is 12.1. The van der Waals surface area contributed by atoms with Crippen LogP contribution < -0.4 is 0 Å². The molecule has 0 aromatic heterocycles. The van der Waals surface area contributed by atoms with E-state index in [-0.39, 0.29) is 5.97 Å². The Morgan fingerprint density at radius 1 is 0.931 bits per heavy atom. The maximum absolute atomic E-state index is 11.7. The number of aliphatic hydroxyl groups excluding tert-OH is 1. The summed E-state index contributed by atoms with van der Waals surface area (Å²) in [5, 5.41) is 12.5. The summed E-state index contributed by atoms with van der Waals surface area (Å²) in [6, 6.07) is 21.5. The fourth-order valence-electron chi connectivity index (χ4n) is 3.37. The molecule has 0 heterocycles. The number of carbonyl (C=O) groups excluding carboxylic acids is 1. The number of hydrogen-bond donors (Lipinski definition) is 1. The van der Waals surface area contributed by atoms with Crippen molar-refractivity contribution >= 4 is 16.7 Å². The molecule has 0 spiro atoms. The summed E-state index contributed by atoms with van der Waals surface area (Å²) < 4.78 is 10.5. The maximum Gasteiger partial charge on any atom is 0.337 e. The first kappa shape index (κ1) is 21.0. The molecular formula is C25H28O4. The van der Waals surface area contributed by atoms with Crippen molar-refractivity contribution in [3.8, 4) is 0 Å². The quantitative estimate of drug-likeness (QED) is 0.369. The monoisotopic (exact) mass is 392 g/mol. The maximum atomic E-state index is 11.7. The number of methoxy groups -OCH3 is 1. The van der Waals surface area contributed by atoms with Crippen LogP contribution in [0, 0.1) is 0 Å². The van der Waals surface area contributed by atoms with Gasteiger partial charge in [-0.3, -0.25) is 0 Å². The van der Waals surface area contributed by atoms with Crippen molar-refractivity contribution in [3.63, 3.8) is 0 Å². The van der Waals surface area contributed by atoms with Gasteiger partial charge in [-0.25, -0.2) is 4.79 Å². The van der Waals surface area contributed by atoms with Crippen molar-refractivity contribution in [1.82, 2.24) is 0 Å². The molecule has 0 aliphatic carbocycles. The summed E-state index contributed by atoms with van der Waals surface area (Å²) in [6.45, 7) is 1.38. The van der Waals surface area contributed by atoms with E-state index in [9.17, 15) is 9.90 Å². The van der Waals surface area contributed by atoms with E-state index in [2.05, 4.69) is 12.1 Å². The topological polar surface area (TPSA) is 55.8 Å². The van der Waals surface area contributed by atoms with Gasteiger partial charge in [0.1, 0.15) is 0 Å². The van der Waals surface area contributed by atoms with Gasteiger partial charge in [0.05, 0.1) is 25.4 Å². The SMILES string of the molecule is COC(=O)c1ccc2ccc(C(O)CCCCCOCc3ccccc3)cc2c1. The Labute approximate surface area is 172 Å². The van der Waals surface area contributed by atoms with E-state index in [1.54, 1.807) is 6.07 Å². The average Bonchev–Trinajstić information content (AvgIpc) is 2.77. The average molecular weight is 392 g/mol. The molecular weight excluding hydrogens is 364 g/mol.